The molecule has 126 valence electrons. The predicted molar refractivity (Wildman–Crippen MR) is 95.8 cm³/mol. The number of benzene rings is 2. The molecule has 0 radical (unpaired) electrons. The van der Waals surface area contributed by atoms with Crippen molar-refractivity contribution in [3.05, 3.63) is 60.2 Å². The molecule has 2 aromatic carbocycles. The van der Waals surface area contributed by atoms with Crippen molar-refractivity contribution >= 4 is 11.6 Å². The first kappa shape index (κ1) is 16.5. The summed E-state index contributed by atoms with van der Waals surface area (Å²) in [6, 6.07) is 16.9. The molecule has 0 saturated heterocycles. The summed E-state index contributed by atoms with van der Waals surface area (Å²) in [6.45, 7) is 2.56. The maximum absolute atomic E-state index is 12.6. The number of hydrogen-bond donors (Lipinski definition) is 2. The van der Waals surface area contributed by atoms with Gasteiger partial charge in [-0.25, -0.2) is 0 Å². The van der Waals surface area contributed by atoms with Gasteiger partial charge in [0.15, 0.2) is 0 Å². The zero-order chi connectivity index (χ0) is 16.9. The Morgan fingerprint density at radius 3 is 2.54 bits per heavy atom. The number of anilines is 1. The van der Waals surface area contributed by atoms with E-state index in [-0.39, 0.29) is 17.9 Å². The minimum atomic E-state index is -0.344. The second-order valence-electron chi connectivity index (χ2n) is 6.46. The van der Waals surface area contributed by atoms with Crippen molar-refractivity contribution in [3.63, 3.8) is 0 Å². The maximum atomic E-state index is 12.6. The van der Waals surface area contributed by atoms with Crippen LogP contribution in [0, 0.1) is 11.8 Å². The fourth-order valence-electron chi connectivity index (χ4n) is 2.56. The number of hydrogen-bond acceptors (Lipinski definition) is 3. The Morgan fingerprint density at radius 1 is 1.17 bits per heavy atom. The summed E-state index contributed by atoms with van der Waals surface area (Å²) < 4.78 is 5.84. The molecule has 0 spiro atoms. The number of nitrogens with two attached hydrogens (primary N) is 1. The van der Waals surface area contributed by atoms with Gasteiger partial charge in [-0.1, -0.05) is 49.4 Å². The minimum Gasteiger partial charge on any atom is -0.491 e. The lowest BCUT2D eigenvalue weighted by molar-refractivity contribution is -0.120. The van der Waals surface area contributed by atoms with Gasteiger partial charge in [0.2, 0.25) is 5.91 Å². The molecule has 1 aliphatic rings. The fourth-order valence-corrected chi connectivity index (χ4v) is 2.56. The van der Waals surface area contributed by atoms with Crippen LogP contribution in [0.4, 0.5) is 5.69 Å². The van der Waals surface area contributed by atoms with Crippen LogP contribution >= 0.6 is 0 Å². The monoisotopic (exact) mass is 324 g/mol. The van der Waals surface area contributed by atoms with Crippen LogP contribution in [0.3, 0.4) is 0 Å². The summed E-state index contributed by atoms with van der Waals surface area (Å²) in [7, 11) is 0. The van der Waals surface area contributed by atoms with E-state index < -0.39 is 0 Å². The second-order valence-corrected chi connectivity index (χ2v) is 6.46. The van der Waals surface area contributed by atoms with Gasteiger partial charge in [0.25, 0.3) is 0 Å². The van der Waals surface area contributed by atoms with Crippen LogP contribution in [0.25, 0.3) is 0 Å². The van der Waals surface area contributed by atoms with Gasteiger partial charge in [0.05, 0.1) is 18.2 Å². The van der Waals surface area contributed by atoms with E-state index in [1.807, 2.05) is 61.5 Å². The van der Waals surface area contributed by atoms with Crippen molar-refractivity contribution < 1.29 is 9.53 Å². The first-order valence-corrected chi connectivity index (χ1v) is 8.48. The molecule has 24 heavy (non-hydrogen) atoms. The van der Waals surface area contributed by atoms with Crippen molar-refractivity contribution in [2.75, 3.05) is 11.9 Å². The van der Waals surface area contributed by atoms with Gasteiger partial charge < -0.3 is 15.8 Å². The van der Waals surface area contributed by atoms with E-state index in [2.05, 4.69) is 5.32 Å². The molecule has 4 heteroatoms. The Labute approximate surface area is 143 Å². The van der Waals surface area contributed by atoms with Crippen molar-refractivity contribution in [1.82, 2.24) is 0 Å². The number of rotatable bonds is 7. The molecule has 0 heterocycles. The summed E-state index contributed by atoms with van der Waals surface area (Å²) in [6.07, 6.45) is 2.47. The molecule has 0 aliphatic heterocycles. The highest BCUT2D eigenvalue weighted by atomic mass is 16.5. The van der Waals surface area contributed by atoms with Crippen LogP contribution in [-0.2, 0) is 4.79 Å². The third-order valence-corrected chi connectivity index (χ3v) is 4.45. The number of amides is 1. The molecule has 2 atom stereocenters. The molecule has 4 nitrogen and oxygen atoms in total. The molecular formula is C20H24N2O2. The molecule has 2 aromatic rings. The molecule has 1 amide bonds. The first-order valence-electron chi connectivity index (χ1n) is 8.48. The highest BCUT2D eigenvalue weighted by molar-refractivity contribution is 5.94. The third-order valence-electron chi connectivity index (χ3n) is 4.45. The largest absolute Gasteiger partial charge is 0.491 e. The van der Waals surface area contributed by atoms with E-state index in [1.165, 1.54) is 12.8 Å². The third kappa shape index (κ3) is 4.15. The van der Waals surface area contributed by atoms with Crippen LogP contribution in [0.2, 0.25) is 0 Å². The van der Waals surface area contributed by atoms with Gasteiger partial charge >= 0.3 is 0 Å². The minimum absolute atomic E-state index is 0.103. The highest BCUT2D eigenvalue weighted by Gasteiger charge is 2.24. The van der Waals surface area contributed by atoms with Gasteiger partial charge in [-0.3, -0.25) is 4.79 Å². The molecule has 1 aliphatic carbocycles. The standard InChI is InChI=1S/C20H24N2O2/c1-14(19(21)16-7-3-2-4-8-16)20(23)22-17-9-5-6-10-18(17)24-13-15-11-12-15/h2-10,14-15,19H,11-13,21H2,1H3,(H,22,23). The lowest BCUT2D eigenvalue weighted by atomic mass is 9.94. The predicted octanol–water partition coefficient (Wildman–Crippen LogP) is 3.75. The fraction of sp³-hybridized carbons (Fsp3) is 0.350. The molecule has 1 fully saturated rings. The zero-order valence-electron chi connectivity index (χ0n) is 13.9. The van der Waals surface area contributed by atoms with Gasteiger partial charge in [-0.05, 0) is 36.5 Å². The lowest BCUT2D eigenvalue weighted by Gasteiger charge is -2.20. The van der Waals surface area contributed by atoms with E-state index in [0.29, 0.717) is 18.2 Å². The van der Waals surface area contributed by atoms with Crippen molar-refractivity contribution in [2.45, 2.75) is 25.8 Å². The first-order chi connectivity index (χ1) is 11.6. The van der Waals surface area contributed by atoms with Crippen molar-refractivity contribution in [1.29, 1.82) is 0 Å². The van der Waals surface area contributed by atoms with Crippen LogP contribution in [0.15, 0.2) is 54.6 Å². The molecule has 0 aromatic heterocycles. The Balaban J connectivity index is 1.65. The lowest BCUT2D eigenvalue weighted by Crippen LogP contribution is -2.30. The Kier molecular flexibility index (Phi) is 5.16. The molecule has 1 saturated carbocycles. The zero-order valence-corrected chi connectivity index (χ0v) is 13.9. The maximum Gasteiger partial charge on any atom is 0.229 e. The number of carbonyl (C=O) groups excluding carboxylic acids is 1. The van der Waals surface area contributed by atoms with Gasteiger partial charge in [-0.15, -0.1) is 0 Å². The Morgan fingerprint density at radius 2 is 1.83 bits per heavy atom. The van der Waals surface area contributed by atoms with Crippen molar-refractivity contribution in [2.24, 2.45) is 17.6 Å². The summed E-state index contributed by atoms with van der Waals surface area (Å²) in [5.41, 5.74) is 7.91. The smallest absolute Gasteiger partial charge is 0.229 e. The van der Waals surface area contributed by atoms with Gasteiger partial charge in [-0.2, -0.15) is 0 Å². The quantitative estimate of drug-likeness (QED) is 0.815. The van der Waals surface area contributed by atoms with Crippen molar-refractivity contribution in [3.8, 4) is 5.75 Å². The van der Waals surface area contributed by atoms with Crippen LogP contribution in [0.1, 0.15) is 31.4 Å². The highest BCUT2D eigenvalue weighted by Crippen LogP contribution is 2.32. The SMILES string of the molecule is CC(C(=O)Nc1ccccc1OCC1CC1)C(N)c1ccccc1. The topological polar surface area (TPSA) is 64.3 Å². The molecular weight excluding hydrogens is 300 g/mol. The van der Waals surface area contributed by atoms with E-state index >= 15 is 0 Å². The molecule has 2 unspecified atom stereocenters. The summed E-state index contributed by atoms with van der Waals surface area (Å²) in [5, 5.41) is 2.96. The molecule has 0 bridgehead atoms. The number of nitrogens with one attached hydrogen (secondary N) is 1. The molecule has 3 rings (SSSR count). The number of para-hydroxylation sites is 2. The average molecular weight is 324 g/mol. The Hall–Kier alpha value is -2.33. The van der Waals surface area contributed by atoms with E-state index in [0.717, 1.165) is 11.3 Å². The number of ether oxygens (including phenoxy) is 1. The van der Waals surface area contributed by atoms with E-state index in [1.54, 1.807) is 0 Å². The van der Waals surface area contributed by atoms with Gasteiger partial charge in [0.1, 0.15) is 5.75 Å². The summed E-state index contributed by atoms with van der Waals surface area (Å²) in [4.78, 5) is 12.6. The normalized spacial score (nSPS) is 16.2. The second kappa shape index (κ2) is 7.49. The van der Waals surface area contributed by atoms with E-state index in [9.17, 15) is 4.79 Å². The molecule has 3 N–H and O–H groups in total. The van der Waals surface area contributed by atoms with Crippen LogP contribution in [0.5, 0.6) is 5.75 Å². The Bertz CT molecular complexity index is 683. The van der Waals surface area contributed by atoms with Crippen LogP contribution < -0.4 is 15.8 Å². The summed E-state index contributed by atoms with van der Waals surface area (Å²) in [5.74, 6) is 0.940. The van der Waals surface area contributed by atoms with E-state index in [4.69, 9.17) is 10.5 Å². The number of carbonyl (C=O) groups is 1. The summed E-state index contributed by atoms with van der Waals surface area (Å²) >= 11 is 0. The average Bonchev–Trinajstić information content (AvgIpc) is 3.45. The van der Waals surface area contributed by atoms with Crippen LogP contribution in [-0.4, -0.2) is 12.5 Å². The van der Waals surface area contributed by atoms with Gasteiger partial charge in [0, 0.05) is 6.04 Å².